The third kappa shape index (κ3) is 5.15. The lowest BCUT2D eigenvalue weighted by molar-refractivity contribution is 0.0997. The summed E-state index contributed by atoms with van der Waals surface area (Å²) in [6, 6.07) is 30.2. The van der Waals surface area contributed by atoms with Crippen LogP contribution in [0.15, 0.2) is 119 Å². The van der Waals surface area contributed by atoms with Crippen molar-refractivity contribution in [3.05, 3.63) is 126 Å². The van der Waals surface area contributed by atoms with Crippen molar-refractivity contribution < 1.29 is 13.2 Å². The smallest absolute Gasteiger partial charge is 0.278 e. The first kappa shape index (κ1) is 23.2. The number of anilines is 1. The second kappa shape index (κ2) is 10.3. The molecule has 6 nitrogen and oxygen atoms in total. The van der Waals surface area contributed by atoms with E-state index in [-0.39, 0.29) is 11.4 Å². The lowest BCUT2D eigenvalue weighted by Crippen LogP contribution is -2.30. The summed E-state index contributed by atoms with van der Waals surface area (Å²) < 4.78 is 29.6. The third-order valence-corrected chi connectivity index (χ3v) is 7.27. The quantitative estimate of drug-likeness (QED) is 0.399. The van der Waals surface area contributed by atoms with Crippen LogP contribution < -0.4 is 9.79 Å². The number of benzene rings is 3. The van der Waals surface area contributed by atoms with Crippen molar-refractivity contribution in [2.24, 2.45) is 4.99 Å². The van der Waals surface area contributed by atoms with Crippen LogP contribution >= 0.6 is 0 Å². The standard InChI is InChI=1S/C27H25N3O3S/c1-2-30(24-13-7-4-8-14-24)34(32,33)25-18-16-23(17-19-25)27(31)28-26-15-9-10-20-29(26)21-22-11-5-3-6-12-22/h3-20H,2,21H2,1H3. The monoisotopic (exact) mass is 471 g/mol. The zero-order valence-corrected chi connectivity index (χ0v) is 19.6. The van der Waals surface area contributed by atoms with Gasteiger partial charge in [0.05, 0.1) is 10.6 Å². The van der Waals surface area contributed by atoms with E-state index in [0.717, 1.165) is 5.56 Å². The first-order valence-electron chi connectivity index (χ1n) is 11.0. The lowest BCUT2D eigenvalue weighted by atomic mass is 10.2. The molecule has 4 aromatic rings. The third-order valence-electron chi connectivity index (χ3n) is 5.35. The Hall–Kier alpha value is -3.97. The molecule has 0 spiro atoms. The van der Waals surface area contributed by atoms with Crippen molar-refractivity contribution in [3.8, 4) is 0 Å². The Labute approximate surface area is 199 Å². The maximum atomic E-state index is 13.2. The van der Waals surface area contributed by atoms with E-state index in [2.05, 4.69) is 4.99 Å². The molecule has 1 heterocycles. The fourth-order valence-electron chi connectivity index (χ4n) is 3.63. The first-order chi connectivity index (χ1) is 16.5. The summed E-state index contributed by atoms with van der Waals surface area (Å²) in [4.78, 5) is 17.3. The summed E-state index contributed by atoms with van der Waals surface area (Å²) in [7, 11) is -3.76. The van der Waals surface area contributed by atoms with Crippen LogP contribution in [-0.2, 0) is 16.6 Å². The van der Waals surface area contributed by atoms with E-state index in [4.69, 9.17) is 0 Å². The van der Waals surface area contributed by atoms with Gasteiger partial charge in [0, 0.05) is 24.8 Å². The topological polar surface area (TPSA) is 71.7 Å². The van der Waals surface area contributed by atoms with Gasteiger partial charge in [-0.05, 0) is 61.0 Å². The van der Waals surface area contributed by atoms with Gasteiger partial charge in [-0.15, -0.1) is 0 Å². The number of rotatable bonds is 7. The second-order valence-electron chi connectivity index (χ2n) is 7.62. The Bertz CT molecular complexity index is 1430. The number of hydrogen-bond acceptors (Lipinski definition) is 3. The summed E-state index contributed by atoms with van der Waals surface area (Å²) in [6.07, 6.45) is 1.87. The van der Waals surface area contributed by atoms with Crippen LogP contribution in [-0.4, -0.2) is 25.4 Å². The van der Waals surface area contributed by atoms with Crippen molar-refractivity contribution in [2.45, 2.75) is 18.4 Å². The average molecular weight is 472 g/mol. The Morgan fingerprint density at radius 2 is 1.44 bits per heavy atom. The second-order valence-corrected chi connectivity index (χ2v) is 9.48. The van der Waals surface area contributed by atoms with Crippen LogP contribution in [0.4, 0.5) is 5.69 Å². The highest BCUT2D eigenvalue weighted by molar-refractivity contribution is 7.92. The van der Waals surface area contributed by atoms with Crippen molar-refractivity contribution in [1.82, 2.24) is 4.57 Å². The molecule has 0 atom stereocenters. The minimum absolute atomic E-state index is 0.119. The molecule has 172 valence electrons. The Morgan fingerprint density at radius 1 is 0.824 bits per heavy atom. The van der Waals surface area contributed by atoms with E-state index in [0.29, 0.717) is 23.3 Å². The molecule has 1 aromatic heterocycles. The van der Waals surface area contributed by atoms with E-state index in [1.165, 1.54) is 28.6 Å². The van der Waals surface area contributed by atoms with E-state index in [9.17, 15) is 13.2 Å². The highest BCUT2D eigenvalue weighted by Gasteiger charge is 2.23. The van der Waals surface area contributed by atoms with Crippen molar-refractivity contribution >= 4 is 21.6 Å². The van der Waals surface area contributed by atoms with E-state index >= 15 is 0 Å². The van der Waals surface area contributed by atoms with E-state index in [1.807, 2.05) is 59.3 Å². The van der Waals surface area contributed by atoms with Crippen molar-refractivity contribution in [2.75, 3.05) is 10.8 Å². The van der Waals surface area contributed by atoms with Gasteiger partial charge in [-0.25, -0.2) is 8.42 Å². The van der Waals surface area contributed by atoms with Gasteiger partial charge in [0.1, 0.15) is 5.49 Å². The van der Waals surface area contributed by atoms with Crippen LogP contribution in [0, 0.1) is 0 Å². The number of para-hydroxylation sites is 1. The molecule has 0 saturated heterocycles. The predicted octanol–water partition coefficient (Wildman–Crippen LogP) is 4.49. The van der Waals surface area contributed by atoms with Crippen LogP contribution in [0.5, 0.6) is 0 Å². The summed E-state index contributed by atoms with van der Waals surface area (Å²) in [5.74, 6) is -0.438. The molecule has 0 radical (unpaired) electrons. The predicted molar refractivity (Wildman–Crippen MR) is 133 cm³/mol. The van der Waals surface area contributed by atoms with Gasteiger partial charge in [-0.1, -0.05) is 54.6 Å². The Kier molecular flexibility index (Phi) is 7.04. The van der Waals surface area contributed by atoms with E-state index < -0.39 is 15.9 Å². The minimum Gasteiger partial charge on any atom is -0.328 e. The fourth-order valence-corrected chi connectivity index (χ4v) is 5.11. The summed E-state index contributed by atoms with van der Waals surface area (Å²) in [5, 5.41) is 0. The molecule has 0 aliphatic carbocycles. The molecule has 34 heavy (non-hydrogen) atoms. The molecule has 0 N–H and O–H groups in total. The minimum atomic E-state index is -3.76. The summed E-state index contributed by atoms with van der Waals surface area (Å²) in [6.45, 7) is 2.65. The SMILES string of the molecule is CCN(c1ccccc1)S(=O)(=O)c1ccc(C(=O)N=c2ccccn2Cc2ccccc2)cc1. The molecule has 0 fully saturated rings. The Balaban J connectivity index is 1.59. The molecular weight excluding hydrogens is 446 g/mol. The molecule has 3 aromatic carbocycles. The highest BCUT2D eigenvalue weighted by atomic mass is 32.2. The average Bonchev–Trinajstić information content (AvgIpc) is 2.87. The first-order valence-corrected chi connectivity index (χ1v) is 12.4. The van der Waals surface area contributed by atoms with Gasteiger partial charge < -0.3 is 4.57 Å². The summed E-state index contributed by atoms with van der Waals surface area (Å²) >= 11 is 0. The highest BCUT2D eigenvalue weighted by Crippen LogP contribution is 2.23. The number of carbonyl (C=O) groups excluding carboxylic acids is 1. The lowest BCUT2D eigenvalue weighted by Gasteiger charge is -2.22. The van der Waals surface area contributed by atoms with Gasteiger partial charge >= 0.3 is 0 Å². The largest absolute Gasteiger partial charge is 0.328 e. The van der Waals surface area contributed by atoms with E-state index in [1.54, 1.807) is 37.3 Å². The van der Waals surface area contributed by atoms with Crippen LogP contribution in [0.3, 0.4) is 0 Å². The molecule has 0 aliphatic rings. The van der Waals surface area contributed by atoms with Crippen molar-refractivity contribution in [3.63, 3.8) is 0 Å². The van der Waals surface area contributed by atoms with Gasteiger partial charge in [0.15, 0.2) is 0 Å². The van der Waals surface area contributed by atoms with Gasteiger partial charge in [-0.3, -0.25) is 9.10 Å². The molecular formula is C27H25N3O3S. The molecule has 1 amide bonds. The van der Waals surface area contributed by atoms with Crippen molar-refractivity contribution in [1.29, 1.82) is 0 Å². The van der Waals surface area contributed by atoms with Crippen LogP contribution in [0.25, 0.3) is 0 Å². The zero-order valence-electron chi connectivity index (χ0n) is 18.8. The fraction of sp³-hybridized carbons (Fsp3) is 0.111. The zero-order chi connectivity index (χ0) is 24.0. The number of amides is 1. The number of aromatic nitrogens is 1. The van der Waals surface area contributed by atoms with Crippen LogP contribution in [0.1, 0.15) is 22.8 Å². The van der Waals surface area contributed by atoms with Gasteiger partial charge in [0.2, 0.25) is 0 Å². The maximum Gasteiger partial charge on any atom is 0.278 e. The molecule has 4 rings (SSSR count). The number of hydrogen-bond donors (Lipinski definition) is 0. The molecule has 7 heteroatoms. The Morgan fingerprint density at radius 3 is 2.09 bits per heavy atom. The number of pyridine rings is 1. The number of carbonyl (C=O) groups is 1. The number of sulfonamides is 1. The molecule has 0 bridgehead atoms. The van der Waals surface area contributed by atoms with Gasteiger partial charge in [-0.2, -0.15) is 4.99 Å². The van der Waals surface area contributed by atoms with Gasteiger partial charge in [0.25, 0.3) is 15.9 Å². The normalized spacial score (nSPS) is 11.9. The molecule has 0 unspecified atom stereocenters. The maximum absolute atomic E-state index is 13.2. The molecule has 0 aliphatic heterocycles. The molecule has 0 saturated carbocycles. The number of nitrogens with zero attached hydrogens (tertiary/aromatic N) is 3. The summed E-state index contributed by atoms with van der Waals surface area (Å²) in [5.41, 5.74) is 2.52. The van der Waals surface area contributed by atoms with Crippen LogP contribution in [0.2, 0.25) is 0 Å².